The van der Waals surface area contributed by atoms with E-state index in [0.717, 1.165) is 11.2 Å². The lowest BCUT2D eigenvalue weighted by Gasteiger charge is -1.97. The Balaban J connectivity index is 1.88. The second-order valence-corrected chi connectivity index (χ2v) is 5.44. The molecule has 0 fully saturated rings. The van der Waals surface area contributed by atoms with E-state index in [4.69, 9.17) is 4.74 Å². The molecule has 0 radical (unpaired) electrons. The number of H-pyrrole nitrogens is 1. The molecule has 1 atom stereocenters. The molecule has 0 aromatic carbocycles. The van der Waals surface area contributed by atoms with Crippen LogP contribution in [0, 0.1) is 0 Å². The second-order valence-electron chi connectivity index (χ2n) is 4.08. The molecule has 0 saturated carbocycles. The van der Waals surface area contributed by atoms with Crippen LogP contribution in [0.4, 0.5) is 0 Å². The molecule has 0 aliphatic heterocycles. The largest absolute Gasteiger partial charge is 0.481 e. The fourth-order valence-electron chi connectivity index (χ4n) is 1.76. The Morgan fingerprint density at radius 1 is 1.25 bits per heavy atom. The molecule has 102 valence electrons. The molecule has 3 aromatic rings. The van der Waals surface area contributed by atoms with Gasteiger partial charge in [-0.2, -0.15) is 4.98 Å². The number of pyridine rings is 2. The average molecular weight is 288 g/mol. The summed E-state index contributed by atoms with van der Waals surface area (Å²) in [5.41, 5.74) is 1.99. The van der Waals surface area contributed by atoms with Crippen LogP contribution in [0.1, 0.15) is 5.69 Å². The molecular formula is C13H12N4O2S. The van der Waals surface area contributed by atoms with Gasteiger partial charge in [0.2, 0.25) is 5.88 Å². The van der Waals surface area contributed by atoms with E-state index < -0.39 is 10.8 Å². The van der Waals surface area contributed by atoms with Crippen molar-refractivity contribution in [3.63, 3.8) is 0 Å². The first-order valence-electron chi connectivity index (χ1n) is 5.95. The zero-order valence-corrected chi connectivity index (χ0v) is 11.6. The molecular weight excluding hydrogens is 276 g/mol. The molecule has 7 heteroatoms. The van der Waals surface area contributed by atoms with Gasteiger partial charge in [0.1, 0.15) is 0 Å². The van der Waals surface area contributed by atoms with Gasteiger partial charge in [-0.05, 0) is 18.2 Å². The number of imidazole rings is 1. The summed E-state index contributed by atoms with van der Waals surface area (Å²) in [6.45, 7) is 0. The van der Waals surface area contributed by atoms with Crippen molar-refractivity contribution in [2.24, 2.45) is 0 Å². The Morgan fingerprint density at radius 3 is 2.90 bits per heavy atom. The third-order valence-electron chi connectivity index (χ3n) is 2.73. The Hall–Kier alpha value is -2.28. The van der Waals surface area contributed by atoms with Crippen LogP contribution < -0.4 is 4.74 Å². The van der Waals surface area contributed by atoms with Crippen molar-refractivity contribution < 1.29 is 8.95 Å². The Kier molecular flexibility index (Phi) is 3.42. The van der Waals surface area contributed by atoms with Crippen molar-refractivity contribution in [3.8, 4) is 5.88 Å². The highest BCUT2D eigenvalue weighted by Crippen LogP contribution is 2.16. The Bertz CT molecular complexity index is 757. The summed E-state index contributed by atoms with van der Waals surface area (Å²) < 4.78 is 17.3. The van der Waals surface area contributed by atoms with Gasteiger partial charge in [-0.15, -0.1) is 0 Å². The van der Waals surface area contributed by atoms with Crippen LogP contribution in [0.15, 0.2) is 41.7 Å². The van der Waals surface area contributed by atoms with E-state index in [1.807, 2.05) is 18.2 Å². The molecule has 0 amide bonds. The van der Waals surface area contributed by atoms with Crippen LogP contribution in [0.2, 0.25) is 0 Å². The van der Waals surface area contributed by atoms with E-state index in [-0.39, 0.29) is 0 Å². The normalized spacial score (nSPS) is 12.4. The number of methoxy groups -OCH3 is 1. The third kappa shape index (κ3) is 2.53. The van der Waals surface area contributed by atoms with Gasteiger partial charge < -0.3 is 9.72 Å². The predicted molar refractivity (Wildman–Crippen MR) is 74.8 cm³/mol. The van der Waals surface area contributed by atoms with Gasteiger partial charge in [0.25, 0.3) is 0 Å². The number of aromatic nitrogens is 4. The van der Waals surface area contributed by atoms with Crippen LogP contribution >= 0.6 is 0 Å². The number of hydrogen-bond donors (Lipinski definition) is 1. The minimum Gasteiger partial charge on any atom is -0.481 e. The number of fused-ring (bicyclic) bond motifs is 1. The third-order valence-corrected chi connectivity index (χ3v) is 3.91. The number of nitrogens with zero attached hydrogens (tertiary/aromatic N) is 3. The van der Waals surface area contributed by atoms with Crippen molar-refractivity contribution >= 4 is 22.0 Å². The van der Waals surface area contributed by atoms with Gasteiger partial charge in [-0.3, -0.25) is 9.19 Å². The minimum absolute atomic E-state index is 0.317. The van der Waals surface area contributed by atoms with Crippen LogP contribution in [0.3, 0.4) is 0 Å². The van der Waals surface area contributed by atoms with Crippen molar-refractivity contribution in [2.75, 3.05) is 7.11 Å². The van der Waals surface area contributed by atoms with Crippen molar-refractivity contribution in [3.05, 3.63) is 42.2 Å². The first-order valence-corrected chi connectivity index (χ1v) is 7.27. The fraction of sp³-hybridized carbons (Fsp3) is 0.154. The zero-order valence-electron chi connectivity index (χ0n) is 10.7. The highest BCUT2D eigenvalue weighted by molar-refractivity contribution is 7.84. The molecule has 0 spiro atoms. The highest BCUT2D eigenvalue weighted by atomic mass is 32.2. The predicted octanol–water partition coefficient (Wildman–Crippen LogP) is 1.67. The molecule has 20 heavy (non-hydrogen) atoms. The Labute approximate surface area is 117 Å². The molecule has 0 aliphatic carbocycles. The van der Waals surface area contributed by atoms with Crippen LogP contribution in [0.25, 0.3) is 11.2 Å². The standard InChI is InChI=1S/C13H12N4O2S/c1-19-11-6-5-10-12(16-11)17-13(15-10)20(18)8-9-4-2-3-7-14-9/h2-7H,8H2,1H3,(H,15,16,17). The number of hydrogen-bond acceptors (Lipinski definition) is 5. The molecule has 6 nitrogen and oxygen atoms in total. The molecule has 0 bridgehead atoms. The van der Waals surface area contributed by atoms with Gasteiger partial charge in [0.05, 0.1) is 34.9 Å². The summed E-state index contributed by atoms with van der Waals surface area (Å²) in [6, 6.07) is 9.05. The van der Waals surface area contributed by atoms with Crippen LogP contribution in [-0.2, 0) is 16.6 Å². The summed E-state index contributed by atoms with van der Waals surface area (Å²) >= 11 is 0. The van der Waals surface area contributed by atoms with E-state index in [0.29, 0.717) is 22.4 Å². The lowest BCUT2D eigenvalue weighted by molar-refractivity contribution is 0.399. The topological polar surface area (TPSA) is 80.8 Å². The maximum Gasteiger partial charge on any atom is 0.215 e. The van der Waals surface area contributed by atoms with Gasteiger partial charge in [0, 0.05) is 12.3 Å². The maximum absolute atomic E-state index is 12.3. The summed E-state index contributed by atoms with van der Waals surface area (Å²) in [6.07, 6.45) is 1.68. The summed E-state index contributed by atoms with van der Waals surface area (Å²) in [4.78, 5) is 15.6. The fourth-order valence-corrected chi connectivity index (χ4v) is 2.75. The second kappa shape index (κ2) is 5.38. The molecule has 3 rings (SSSR count). The lowest BCUT2D eigenvalue weighted by Crippen LogP contribution is -2.00. The van der Waals surface area contributed by atoms with E-state index >= 15 is 0 Å². The van der Waals surface area contributed by atoms with Crippen molar-refractivity contribution in [1.29, 1.82) is 0 Å². The highest BCUT2D eigenvalue weighted by Gasteiger charge is 2.12. The maximum atomic E-state index is 12.3. The first-order chi connectivity index (χ1) is 9.76. The number of ether oxygens (including phenoxy) is 1. The zero-order chi connectivity index (χ0) is 13.9. The van der Waals surface area contributed by atoms with E-state index in [9.17, 15) is 4.21 Å². The van der Waals surface area contributed by atoms with E-state index in [1.54, 1.807) is 25.4 Å². The molecule has 3 aromatic heterocycles. The number of nitrogens with one attached hydrogen (secondary N) is 1. The number of aromatic amines is 1. The molecule has 3 heterocycles. The van der Waals surface area contributed by atoms with Gasteiger partial charge in [-0.25, -0.2) is 4.98 Å². The Morgan fingerprint density at radius 2 is 2.15 bits per heavy atom. The SMILES string of the molecule is COc1ccc2[nH]c(S(=O)Cc3ccccn3)nc2n1. The molecule has 0 aliphatic rings. The smallest absolute Gasteiger partial charge is 0.215 e. The lowest BCUT2D eigenvalue weighted by atomic mass is 10.4. The molecule has 0 saturated heterocycles. The van der Waals surface area contributed by atoms with Crippen LogP contribution in [0.5, 0.6) is 5.88 Å². The molecule has 1 N–H and O–H groups in total. The first kappa shape index (κ1) is 12.7. The van der Waals surface area contributed by atoms with Gasteiger partial charge in [0.15, 0.2) is 10.8 Å². The molecule has 1 unspecified atom stereocenters. The quantitative estimate of drug-likeness (QED) is 0.789. The summed E-state index contributed by atoms with van der Waals surface area (Å²) in [7, 11) is 0.257. The van der Waals surface area contributed by atoms with E-state index in [1.165, 1.54) is 0 Å². The van der Waals surface area contributed by atoms with Gasteiger partial charge in [-0.1, -0.05) is 6.07 Å². The average Bonchev–Trinajstić information content (AvgIpc) is 2.91. The van der Waals surface area contributed by atoms with E-state index in [2.05, 4.69) is 19.9 Å². The number of rotatable bonds is 4. The van der Waals surface area contributed by atoms with Crippen molar-refractivity contribution in [2.45, 2.75) is 10.9 Å². The van der Waals surface area contributed by atoms with Crippen molar-refractivity contribution in [1.82, 2.24) is 19.9 Å². The summed E-state index contributed by atoms with van der Waals surface area (Å²) in [5, 5.41) is 0.395. The minimum atomic E-state index is -1.29. The van der Waals surface area contributed by atoms with Crippen LogP contribution in [-0.4, -0.2) is 31.3 Å². The summed E-state index contributed by atoms with van der Waals surface area (Å²) in [5.74, 6) is 0.795. The van der Waals surface area contributed by atoms with Gasteiger partial charge >= 0.3 is 0 Å². The monoisotopic (exact) mass is 288 g/mol.